The van der Waals surface area contributed by atoms with Crippen molar-refractivity contribution in [1.29, 1.82) is 0 Å². The van der Waals surface area contributed by atoms with Crippen molar-refractivity contribution in [1.82, 2.24) is 9.55 Å². The predicted molar refractivity (Wildman–Crippen MR) is 71.3 cm³/mol. The van der Waals surface area contributed by atoms with Crippen LogP contribution in [0.1, 0.15) is 6.42 Å². The molecule has 0 aliphatic rings. The highest BCUT2D eigenvalue weighted by Gasteiger charge is 2.04. The number of nitrogens with one attached hydrogen (secondary N) is 1. The van der Waals surface area contributed by atoms with Gasteiger partial charge in [0.15, 0.2) is 4.77 Å². The van der Waals surface area contributed by atoms with E-state index in [1.807, 2.05) is 12.1 Å². The molecule has 0 saturated heterocycles. The Bertz CT molecular complexity index is 546. The summed E-state index contributed by atoms with van der Waals surface area (Å²) in [6.45, 7) is 1.63. The molecule has 1 aromatic carbocycles. The van der Waals surface area contributed by atoms with Crippen LogP contribution in [0.3, 0.4) is 0 Å². The molecule has 0 aliphatic carbocycles. The third kappa shape index (κ3) is 2.36. The topological polar surface area (TPSA) is 29.9 Å². The third-order valence-electron chi connectivity index (χ3n) is 2.47. The van der Waals surface area contributed by atoms with Crippen LogP contribution >= 0.6 is 28.1 Å². The third-order valence-corrected chi connectivity index (χ3v) is 3.28. The number of methoxy groups -OCH3 is 1. The lowest BCUT2D eigenvalue weighted by molar-refractivity contribution is 0.190. The van der Waals surface area contributed by atoms with Crippen molar-refractivity contribution in [2.24, 2.45) is 0 Å². The highest BCUT2D eigenvalue weighted by molar-refractivity contribution is 9.10. The van der Waals surface area contributed by atoms with Gasteiger partial charge in [0.25, 0.3) is 0 Å². The minimum Gasteiger partial charge on any atom is -0.385 e. The predicted octanol–water partition coefficient (Wildman–Crippen LogP) is 3.50. The number of hydrogen-bond acceptors (Lipinski definition) is 2. The summed E-state index contributed by atoms with van der Waals surface area (Å²) in [6.07, 6.45) is 0.963. The number of fused-ring (bicyclic) bond motifs is 1. The van der Waals surface area contributed by atoms with Gasteiger partial charge in [-0.1, -0.05) is 15.9 Å². The lowest BCUT2D eigenvalue weighted by Crippen LogP contribution is -2.01. The van der Waals surface area contributed by atoms with Crippen molar-refractivity contribution in [3.8, 4) is 0 Å². The van der Waals surface area contributed by atoms with E-state index in [-0.39, 0.29) is 0 Å². The Morgan fingerprint density at radius 2 is 2.31 bits per heavy atom. The maximum Gasteiger partial charge on any atom is 0.178 e. The van der Waals surface area contributed by atoms with E-state index in [0.29, 0.717) is 0 Å². The molecule has 3 nitrogen and oxygen atoms in total. The van der Waals surface area contributed by atoms with E-state index in [0.717, 1.165) is 39.8 Å². The maximum atomic E-state index is 5.30. The average Bonchev–Trinajstić information content (AvgIpc) is 2.56. The molecule has 5 heteroatoms. The maximum absolute atomic E-state index is 5.30. The fourth-order valence-corrected chi connectivity index (χ4v) is 2.36. The molecule has 1 N–H and O–H groups in total. The van der Waals surface area contributed by atoms with Gasteiger partial charge in [0.05, 0.1) is 11.0 Å². The first-order valence-corrected chi connectivity index (χ1v) is 6.29. The molecule has 1 heterocycles. The number of ether oxygens (including phenoxy) is 1. The van der Waals surface area contributed by atoms with E-state index >= 15 is 0 Å². The van der Waals surface area contributed by atoms with Crippen molar-refractivity contribution >= 4 is 39.2 Å². The van der Waals surface area contributed by atoms with Crippen LogP contribution in [0.25, 0.3) is 11.0 Å². The normalized spacial score (nSPS) is 11.1. The van der Waals surface area contributed by atoms with Crippen LogP contribution < -0.4 is 0 Å². The Morgan fingerprint density at radius 3 is 3.06 bits per heavy atom. The Kier molecular flexibility index (Phi) is 3.78. The number of aromatic amines is 1. The molecule has 86 valence electrons. The minimum absolute atomic E-state index is 0.752. The molecule has 0 amide bonds. The van der Waals surface area contributed by atoms with Crippen LogP contribution in [0.15, 0.2) is 22.7 Å². The molecule has 0 radical (unpaired) electrons. The second-order valence-corrected chi connectivity index (χ2v) is 4.89. The van der Waals surface area contributed by atoms with Gasteiger partial charge in [0, 0.05) is 24.7 Å². The standard InChI is InChI=1S/C11H13BrN2OS/c1-15-6-2-5-14-10-7-8(12)3-4-9(10)13-11(14)16/h3-4,7H,2,5-6H2,1H3,(H,13,16). The van der Waals surface area contributed by atoms with E-state index in [1.54, 1.807) is 7.11 Å². The summed E-state index contributed by atoms with van der Waals surface area (Å²) in [5.74, 6) is 0. The molecule has 0 fully saturated rings. The van der Waals surface area contributed by atoms with Gasteiger partial charge >= 0.3 is 0 Å². The summed E-state index contributed by atoms with van der Waals surface area (Å²) in [5.41, 5.74) is 2.21. The van der Waals surface area contributed by atoms with Crippen LogP contribution in [-0.2, 0) is 11.3 Å². The van der Waals surface area contributed by atoms with Gasteiger partial charge in [-0.25, -0.2) is 0 Å². The smallest absolute Gasteiger partial charge is 0.178 e. The molecular formula is C11H13BrN2OS. The quantitative estimate of drug-likeness (QED) is 0.692. The van der Waals surface area contributed by atoms with E-state index < -0.39 is 0 Å². The summed E-state index contributed by atoms with van der Waals surface area (Å²) in [7, 11) is 1.71. The van der Waals surface area contributed by atoms with Crippen molar-refractivity contribution in [3.63, 3.8) is 0 Å². The Morgan fingerprint density at radius 1 is 1.50 bits per heavy atom. The van der Waals surface area contributed by atoms with Gasteiger partial charge in [-0.15, -0.1) is 0 Å². The van der Waals surface area contributed by atoms with Crippen LogP contribution in [-0.4, -0.2) is 23.3 Å². The van der Waals surface area contributed by atoms with Gasteiger partial charge < -0.3 is 14.3 Å². The molecule has 0 saturated carbocycles. The first kappa shape index (κ1) is 11.8. The summed E-state index contributed by atoms with van der Waals surface area (Å²) in [6, 6.07) is 6.11. The first-order chi connectivity index (χ1) is 7.72. The Hall–Kier alpha value is -0.650. The number of benzene rings is 1. The number of aryl methyl sites for hydroxylation is 1. The largest absolute Gasteiger partial charge is 0.385 e. The number of H-pyrrole nitrogens is 1. The average molecular weight is 301 g/mol. The molecular weight excluding hydrogens is 288 g/mol. The molecule has 0 atom stereocenters. The molecule has 0 unspecified atom stereocenters. The highest BCUT2D eigenvalue weighted by Crippen LogP contribution is 2.19. The van der Waals surface area contributed by atoms with Gasteiger partial charge in [0.2, 0.25) is 0 Å². The first-order valence-electron chi connectivity index (χ1n) is 5.09. The van der Waals surface area contributed by atoms with Crippen molar-refractivity contribution in [2.45, 2.75) is 13.0 Å². The Labute approximate surface area is 108 Å². The molecule has 2 aromatic rings. The van der Waals surface area contributed by atoms with E-state index in [2.05, 4.69) is 31.5 Å². The summed E-state index contributed by atoms with van der Waals surface area (Å²) < 4.78 is 8.99. The molecule has 0 bridgehead atoms. The highest BCUT2D eigenvalue weighted by atomic mass is 79.9. The fraction of sp³-hybridized carbons (Fsp3) is 0.364. The Balaban J connectivity index is 2.38. The summed E-state index contributed by atoms with van der Waals surface area (Å²) >= 11 is 8.77. The van der Waals surface area contributed by atoms with E-state index in [9.17, 15) is 0 Å². The van der Waals surface area contributed by atoms with Crippen LogP contribution in [0.2, 0.25) is 0 Å². The molecule has 2 rings (SSSR count). The molecule has 16 heavy (non-hydrogen) atoms. The number of imidazole rings is 1. The molecule has 0 spiro atoms. The number of hydrogen-bond donors (Lipinski definition) is 1. The lowest BCUT2D eigenvalue weighted by Gasteiger charge is -2.03. The van der Waals surface area contributed by atoms with Crippen molar-refractivity contribution in [2.75, 3.05) is 13.7 Å². The second-order valence-electron chi connectivity index (χ2n) is 3.59. The van der Waals surface area contributed by atoms with Crippen molar-refractivity contribution < 1.29 is 4.74 Å². The van der Waals surface area contributed by atoms with Gasteiger partial charge in [-0.2, -0.15) is 0 Å². The molecule has 0 aliphatic heterocycles. The summed E-state index contributed by atoms with van der Waals surface area (Å²) in [5, 5.41) is 0. The van der Waals surface area contributed by atoms with Gasteiger partial charge in [-0.05, 0) is 36.8 Å². The van der Waals surface area contributed by atoms with E-state index in [1.165, 1.54) is 0 Å². The fourth-order valence-electron chi connectivity index (χ4n) is 1.71. The number of nitrogens with zero attached hydrogens (tertiary/aromatic N) is 1. The molecule has 1 aromatic heterocycles. The van der Waals surface area contributed by atoms with Crippen LogP contribution in [0.4, 0.5) is 0 Å². The monoisotopic (exact) mass is 300 g/mol. The zero-order valence-corrected chi connectivity index (χ0v) is 11.4. The number of rotatable bonds is 4. The zero-order valence-electron chi connectivity index (χ0n) is 9.00. The number of halogens is 1. The minimum atomic E-state index is 0.752. The summed E-state index contributed by atoms with van der Waals surface area (Å²) in [4.78, 5) is 3.20. The number of aromatic nitrogens is 2. The van der Waals surface area contributed by atoms with Crippen molar-refractivity contribution in [3.05, 3.63) is 27.4 Å². The van der Waals surface area contributed by atoms with E-state index in [4.69, 9.17) is 17.0 Å². The van der Waals surface area contributed by atoms with Gasteiger partial charge in [-0.3, -0.25) is 0 Å². The lowest BCUT2D eigenvalue weighted by atomic mass is 10.3. The van der Waals surface area contributed by atoms with Crippen LogP contribution in [0, 0.1) is 4.77 Å². The second kappa shape index (κ2) is 5.12. The SMILES string of the molecule is COCCCn1c(=S)[nH]c2ccc(Br)cc21. The van der Waals surface area contributed by atoms with Gasteiger partial charge in [0.1, 0.15) is 0 Å². The zero-order chi connectivity index (χ0) is 11.5. The van der Waals surface area contributed by atoms with Crippen LogP contribution in [0.5, 0.6) is 0 Å².